The van der Waals surface area contributed by atoms with Crippen LogP contribution in [0.2, 0.25) is 12.1 Å². The Morgan fingerprint density at radius 1 is 1.31 bits per heavy atom. The zero-order chi connectivity index (χ0) is 9.47. The number of hydrogen-bond donors (Lipinski definition) is 0. The summed E-state index contributed by atoms with van der Waals surface area (Å²) in [5, 5.41) is 0. The van der Waals surface area contributed by atoms with E-state index < -0.39 is 7.38 Å². The molecule has 2 aliphatic rings. The molecule has 74 valence electrons. The van der Waals surface area contributed by atoms with E-state index in [1.807, 2.05) is 0 Å². The number of fused-ring (bicyclic) bond motifs is 2. The van der Waals surface area contributed by atoms with Gasteiger partial charge < -0.3 is 0 Å². The van der Waals surface area contributed by atoms with Gasteiger partial charge in [0.05, 0.1) is 0 Å². The molecule has 0 aromatic carbocycles. The first-order chi connectivity index (χ1) is 6.13. The maximum Gasteiger partial charge on any atom is 0.179 e. The van der Waals surface area contributed by atoms with E-state index in [0.717, 1.165) is 17.4 Å². The highest BCUT2D eigenvalue weighted by molar-refractivity contribution is 7.23. The fourth-order valence-electron chi connectivity index (χ4n) is 3.39. The third kappa shape index (κ3) is 1.73. The maximum absolute atomic E-state index is 6.69. The molecule has 0 heterocycles. The van der Waals surface area contributed by atoms with Crippen molar-refractivity contribution in [3.8, 4) is 0 Å². The second kappa shape index (κ2) is 3.43. The third-order valence-electron chi connectivity index (χ3n) is 3.96. The molecule has 13 heavy (non-hydrogen) atoms. The van der Waals surface area contributed by atoms with Crippen molar-refractivity contribution in [2.45, 2.75) is 44.7 Å². The van der Waals surface area contributed by atoms with Crippen molar-refractivity contribution < 1.29 is 0 Å². The monoisotopic (exact) mass is 214 g/mol. The zero-order valence-corrected chi connectivity index (χ0v) is 10.3. The molecule has 0 amide bonds. The fourth-order valence-corrected chi connectivity index (χ4v) is 7.48. The Labute approximate surface area is 87.1 Å². The summed E-state index contributed by atoms with van der Waals surface area (Å²) in [6, 6.07) is 0. The highest BCUT2D eigenvalue weighted by Crippen LogP contribution is 2.56. The van der Waals surface area contributed by atoms with Gasteiger partial charge in [0.15, 0.2) is 7.38 Å². The van der Waals surface area contributed by atoms with E-state index in [4.69, 9.17) is 11.1 Å². The van der Waals surface area contributed by atoms with Gasteiger partial charge in [-0.25, -0.2) is 0 Å². The van der Waals surface area contributed by atoms with E-state index in [2.05, 4.69) is 25.2 Å². The van der Waals surface area contributed by atoms with Crippen molar-refractivity contribution in [1.82, 2.24) is 0 Å². The average molecular weight is 215 g/mol. The van der Waals surface area contributed by atoms with Gasteiger partial charge in [-0.2, -0.15) is 11.1 Å². The van der Waals surface area contributed by atoms with Crippen LogP contribution in [0.1, 0.15) is 32.6 Å². The first-order valence-corrected chi connectivity index (χ1v) is 9.13. The molecule has 4 unspecified atom stereocenters. The van der Waals surface area contributed by atoms with E-state index >= 15 is 0 Å². The van der Waals surface area contributed by atoms with Crippen LogP contribution in [-0.4, -0.2) is 7.38 Å². The van der Waals surface area contributed by atoms with E-state index in [1.165, 1.54) is 25.7 Å². The summed E-state index contributed by atoms with van der Waals surface area (Å²) in [7, 11) is -1.53. The molecule has 0 spiro atoms. The molecule has 0 aromatic rings. The van der Waals surface area contributed by atoms with Crippen molar-refractivity contribution in [3.63, 3.8) is 0 Å². The minimum atomic E-state index is -1.53. The van der Waals surface area contributed by atoms with Gasteiger partial charge >= 0.3 is 0 Å². The van der Waals surface area contributed by atoms with Crippen molar-refractivity contribution in [1.29, 1.82) is 0 Å². The van der Waals surface area contributed by atoms with Gasteiger partial charge in [0, 0.05) is 0 Å². The molecular formula is C11H19ClSi. The van der Waals surface area contributed by atoms with Gasteiger partial charge in [-0.3, -0.25) is 0 Å². The Kier molecular flexibility index (Phi) is 2.58. The molecule has 2 heteroatoms. The lowest BCUT2D eigenvalue weighted by atomic mass is 10.0. The number of rotatable bonds is 2. The molecule has 2 rings (SSSR count). The first-order valence-electron chi connectivity index (χ1n) is 5.46. The molecule has 0 nitrogen and oxygen atoms in total. The van der Waals surface area contributed by atoms with E-state index in [0.29, 0.717) is 0 Å². The summed E-state index contributed by atoms with van der Waals surface area (Å²) in [5.74, 6) is 2.01. The maximum atomic E-state index is 6.69. The van der Waals surface area contributed by atoms with Gasteiger partial charge in [0.2, 0.25) is 0 Å². The second-order valence-electron chi connectivity index (χ2n) is 4.93. The Bertz CT molecular complexity index is 222. The summed E-state index contributed by atoms with van der Waals surface area (Å²) in [6.45, 7) is 4.42. The van der Waals surface area contributed by atoms with Crippen LogP contribution in [0.5, 0.6) is 0 Å². The quantitative estimate of drug-likeness (QED) is 0.480. The predicted octanol–water partition coefficient (Wildman–Crippen LogP) is 4.11. The fraction of sp³-hybridized carbons (Fsp3) is 0.818. The summed E-state index contributed by atoms with van der Waals surface area (Å²) in [5.41, 5.74) is 3.20. The van der Waals surface area contributed by atoms with E-state index in [1.54, 1.807) is 0 Å². The van der Waals surface area contributed by atoms with Crippen LogP contribution in [0, 0.1) is 11.8 Å². The lowest BCUT2D eigenvalue weighted by Crippen LogP contribution is -2.31. The van der Waals surface area contributed by atoms with Crippen molar-refractivity contribution in [2.75, 3.05) is 0 Å². The summed E-state index contributed by atoms with van der Waals surface area (Å²) in [6.07, 6.45) is 8.02. The SMILES string of the molecule is C/C=C/[Si](C)(Cl)C1CC2CCC1C2. The first kappa shape index (κ1) is 9.79. The summed E-state index contributed by atoms with van der Waals surface area (Å²) >= 11 is 6.69. The third-order valence-corrected chi connectivity index (χ3v) is 8.32. The molecule has 2 bridgehead atoms. The van der Waals surface area contributed by atoms with Crippen molar-refractivity contribution in [3.05, 3.63) is 11.8 Å². The van der Waals surface area contributed by atoms with Crippen LogP contribution in [0.3, 0.4) is 0 Å². The lowest BCUT2D eigenvalue weighted by molar-refractivity contribution is 0.473. The molecular weight excluding hydrogens is 196 g/mol. The lowest BCUT2D eigenvalue weighted by Gasteiger charge is -2.30. The van der Waals surface area contributed by atoms with Crippen LogP contribution in [0.25, 0.3) is 0 Å². The van der Waals surface area contributed by atoms with Crippen LogP contribution < -0.4 is 0 Å². The topological polar surface area (TPSA) is 0 Å². The van der Waals surface area contributed by atoms with Gasteiger partial charge in [0.1, 0.15) is 0 Å². The van der Waals surface area contributed by atoms with Crippen LogP contribution >= 0.6 is 11.1 Å². The summed E-state index contributed by atoms with van der Waals surface area (Å²) < 4.78 is 0. The Balaban J connectivity index is 2.09. The van der Waals surface area contributed by atoms with Crippen LogP contribution in [0.4, 0.5) is 0 Å². The molecule has 0 aromatic heterocycles. The standard InChI is InChI=1S/C11H19ClSi/c1-3-6-13(2,12)11-8-9-4-5-10(11)7-9/h3,6,9-11H,4-5,7-8H2,1-2H3/b6-3+. The second-order valence-corrected chi connectivity index (χ2v) is 10.8. The molecule has 2 aliphatic carbocycles. The minimum absolute atomic E-state index is 0.879. The molecule has 0 N–H and O–H groups in total. The van der Waals surface area contributed by atoms with Gasteiger partial charge in [-0.15, -0.1) is 0 Å². The number of halogens is 1. The van der Waals surface area contributed by atoms with Crippen LogP contribution in [0.15, 0.2) is 11.8 Å². The van der Waals surface area contributed by atoms with Gasteiger partial charge in [-0.05, 0) is 37.1 Å². The Morgan fingerprint density at radius 3 is 2.54 bits per heavy atom. The number of allylic oxidation sites excluding steroid dienone is 1. The minimum Gasteiger partial charge on any atom is -0.162 e. The van der Waals surface area contributed by atoms with E-state index in [-0.39, 0.29) is 0 Å². The highest BCUT2D eigenvalue weighted by Gasteiger charge is 2.47. The summed E-state index contributed by atoms with van der Waals surface area (Å²) in [4.78, 5) is 0. The van der Waals surface area contributed by atoms with Crippen molar-refractivity contribution in [2.24, 2.45) is 11.8 Å². The molecule has 0 aliphatic heterocycles. The van der Waals surface area contributed by atoms with E-state index in [9.17, 15) is 0 Å². The highest BCUT2D eigenvalue weighted by atomic mass is 35.6. The van der Waals surface area contributed by atoms with Crippen molar-refractivity contribution >= 4 is 18.5 Å². The van der Waals surface area contributed by atoms with Gasteiger partial charge in [-0.1, -0.05) is 31.2 Å². The molecule has 4 atom stereocenters. The normalized spacial score (nSPS) is 42.8. The zero-order valence-electron chi connectivity index (χ0n) is 8.59. The number of hydrogen-bond acceptors (Lipinski definition) is 0. The average Bonchev–Trinajstić information content (AvgIpc) is 2.63. The molecule has 0 radical (unpaired) electrons. The largest absolute Gasteiger partial charge is 0.179 e. The predicted molar refractivity (Wildman–Crippen MR) is 61.5 cm³/mol. The molecule has 0 saturated heterocycles. The Morgan fingerprint density at radius 2 is 2.08 bits per heavy atom. The van der Waals surface area contributed by atoms with Gasteiger partial charge in [0.25, 0.3) is 0 Å². The molecule has 2 saturated carbocycles. The van der Waals surface area contributed by atoms with Crippen LogP contribution in [-0.2, 0) is 0 Å². The molecule has 2 fully saturated rings. The smallest absolute Gasteiger partial charge is 0.162 e. The Hall–Kier alpha value is 0.247.